The van der Waals surface area contributed by atoms with Crippen molar-refractivity contribution < 1.29 is 13.2 Å². The maximum absolute atomic E-state index is 12.6. The lowest BCUT2D eigenvalue weighted by Crippen LogP contribution is -2.49. The Bertz CT molecular complexity index is 492. The molecule has 3 nitrogen and oxygen atoms in total. The fraction of sp³-hybridized carbons (Fsp3) is 0.625. The van der Waals surface area contributed by atoms with Crippen molar-refractivity contribution in [3.05, 3.63) is 29.8 Å². The largest absolute Gasteiger partial charge is 0.416 e. The van der Waals surface area contributed by atoms with Crippen molar-refractivity contribution in [3.63, 3.8) is 0 Å². The lowest BCUT2D eigenvalue weighted by atomic mass is 10.2. The molecule has 122 valence electrons. The molecule has 6 heteroatoms. The first-order chi connectivity index (χ1) is 10.4. The standard InChI is InChI=1S/C16H22F3N3/c1-20-8-10-21(11-9-20)15-6-7-22(12-15)14-4-2-13(3-5-14)16(17,18)19/h2-5,15H,6-12H2,1H3. The highest BCUT2D eigenvalue weighted by Gasteiger charge is 2.32. The summed E-state index contributed by atoms with van der Waals surface area (Å²) in [4.78, 5) is 7.05. The topological polar surface area (TPSA) is 9.72 Å². The lowest BCUT2D eigenvalue weighted by Gasteiger charge is -2.36. The predicted octanol–water partition coefficient (Wildman–Crippen LogP) is 2.53. The van der Waals surface area contributed by atoms with Gasteiger partial charge in [0.1, 0.15) is 0 Å². The van der Waals surface area contributed by atoms with Gasteiger partial charge in [-0.2, -0.15) is 13.2 Å². The average Bonchev–Trinajstić information content (AvgIpc) is 2.97. The quantitative estimate of drug-likeness (QED) is 0.831. The SMILES string of the molecule is CN1CCN(C2CCN(c3ccc(C(F)(F)F)cc3)C2)CC1. The van der Waals surface area contributed by atoms with Crippen LogP contribution in [-0.4, -0.2) is 62.2 Å². The molecule has 22 heavy (non-hydrogen) atoms. The summed E-state index contributed by atoms with van der Waals surface area (Å²) in [5, 5.41) is 0. The molecule has 2 aliphatic heterocycles. The molecule has 2 fully saturated rings. The molecule has 0 amide bonds. The zero-order chi connectivity index (χ0) is 15.7. The number of rotatable bonds is 2. The number of piperazine rings is 1. The molecule has 0 bridgehead atoms. The van der Waals surface area contributed by atoms with Crippen LogP contribution in [0.1, 0.15) is 12.0 Å². The number of halogens is 3. The Hall–Kier alpha value is -1.27. The van der Waals surface area contributed by atoms with Crippen molar-refractivity contribution in [2.24, 2.45) is 0 Å². The van der Waals surface area contributed by atoms with Crippen molar-refractivity contribution in [2.75, 3.05) is 51.2 Å². The maximum Gasteiger partial charge on any atom is 0.416 e. The molecule has 2 saturated heterocycles. The Morgan fingerprint density at radius 1 is 0.955 bits per heavy atom. The van der Waals surface area contributed by atoms with E-state index in [1.807, 2.05) is 0 Å². The minimum Gasteiger partial charge on any atom is -0.370 e. The first kappa shape index (κ1) is 15.6. The Kier molecular flexibility index (Phi) is 4.32. The van der Waals surface area contributed by atoms with Gasteiger partial charge in [-0.1, -0.05) is 0 Å². The molecule has 0 saturated carbocycles. The summed E-state index contributed by atoms with van der Waals surface area (Å²) in [6.07, 6.45) is -3.17. The van der Waals surface area contributed by atoms with Gasteiger partial charge in [-0.25, -0.2) is 0 Å². The third-order valence-electron chi connectivity index (χ3n) is 4.78. The van der Waals surface area contributed by atoms with Crippen LogP contribution in [0.3, 0.4) is 0 Å². The summed E-state index contributed by atoms with van der Waals surface area (Å²) in [6, 6.07) is 6.07. The number of benzene rings is 1. The molecule has 0 radical (unpaired) electrons. The molecule has 1 aromatic rings. The number of anilines is 1. The van der Waals surface area contributed by atoms with Crippen LogP contribution < -0.4 is 4.90 Å². The van der Waals surface area contributed by atoms with Crippen LogP contribution in [-0.2, 0) is 6.18 Å². The zero-order valence-electron chi connectivity index (χ0n) is 12.8. The third kappa shape index (κ3) is 3.38. The van der Waals surface area contributed by atoms with Gasteiger partial charge in [0, 0.05) is 51.0 Å². The van der Waals surface area contributed by atoms with Crippen molar-refractivity contribution in [2.45, 2.75) is 18.6 Å². The summed E-state index contributed by atoms with van der Waals surface area (Å²) < 4.78 is 37.8. The summed E-state index contributed by atoms with van der Waals surface area (Å²) in [5.41, 5.74) is 0.315. The van der Waals surface area contributed by atoms with Crippen molar-refractivity contribution in [3.8, 4) is 0 Å². The van der Waals surface area contributed by atoms with Gasteiger partial charge in [0.25, 0.3) is 0 Å². The van der Waals surface area contributed by atoms with Crippen LogP contribution in [0.4, 0.5) is 18.9 Å². The first-order valence-electron chi connectivity index (χ1n) is 7.78. The second-order valence-electron chi connectivity index (χ2n) is 6.27. The molecule has 0 aromatic heterocycles. The summed E-state index contributed by atoms with van der Waals surface area (Å²) in [6.45, 7) is 6.19. The smallest absolute Gasteiger partial charge is 0.370 e. The van der Waals surface area contributed by atoms with Gasteiger partial charge in [0.15, 0.2) is 0 Å². The molecule has 0 N–H and O–H groups in total. The average molecular weight is 313 g/mol. The van der Waals surface area contributed by atoms with Crippen molar-refractivity contribution in [1.82, 2.24) is 9.80 Å². The van der Waals surface area contributed by atoms with E-state index in [1.165, 1.54) is 12.1 Å². The fourth-order valence-electron chi connectivity index (χ4n) is 3.32. The lowest BCUT2D eigenvalue weighted by molar-refractivity contribution is -0.137. The zero-order valence-corrected chi connectivity index (χ0v) is 12.8. The van der Waals surface area contributed by atoms with E-state index in [9.17, 15) is 13.2 Å². The van der Waals surface area contributed by atoms with Crippen molar-refractivity contribution >= 4 is 5.69 Å². The highest BCUT2D eigenvalue weighted by molar-refractivity contribution is 5.49. The van der Waals surface area contributed by atoms with Gasteiger partial charge >= 0.3 is 6.18 Å². The number of alkyl halides is 3. The molecule has 0 aliphatic carbocycles. The fourth-order valence-corrected chi connectivity index (χ4v) is 3.32. The second kappa shape index (κ2) is 6.08. The number of nitrogens with zero attached hydrogens (tertiary/aromatic N) is 3. The van der Waals surface area contributed by atoms with Crippen LogP contribution >= 0.6 is 0 Å². The van der Waals surface area contributed by atoms with Gasteiger partial charge in [-0.15, -0.1) is 0 Å². The van der Waals surface area contributed by atoms with E-state index < -0.39 is 11.7 Å². The maximum atomic E-state index is 12.6. The second-order valence-corrected chi connectivity index (χ2v) is 6.27. The third-order valence-corrected chi connectivity index (χ3v) is 4.78. The van der Waals surface area contributed by atoms with E-state index in [0.29, 0.717) is 6.04 Å². The number of likely N-dealkylation sites (N-methyl/N-ethyl adjacent to an activating group) is 1. The van der Waals surface area contributed by atoms with Gasteiger partial charge in [0.2, 0.25) is 0 Å². The minimum atomic E-state index is -4.26. The Morgan fingerprint density at radius 3 is 2.18 bits per heavy atom. The van der Waals surface area contributed by atoms with Crippen LogP contribution in [0.15, 0.2) is 24.3 Å². The molecular formula is C16H22F3N3. The molecule has 1 aromatic carbocycles. The minimum absolute atomic E-state index is 0.524. The first-order valence-corrected chi connectivity index (χ1v) is 7.78. The van der Waals surface area contributed by atoms with E-state index in [1.54, 1.807) is 12.1 Å². The van der Waals surface area contributed by atoms with Gasteiger partial charge in [0.05, 0.1) is 5.56 Å². The Balaban J connectivity index is 1.60. The van der Waals surface area contributed by atoms with E-state index in [4.69, 9.17) is 0 Å². The Labute approximate surface area is 129 Å². The molecule has 2 heterocycles. The van der Waals surface area contributed by atoms with E-state index in [-0.39, 0.29) is 0 Å². The molecule has 0 spiro atoms. The van der Waals surface area contributed by atoms with E-state index >= 15 is 0 Å². The van der Waals surface area contributed by atoms with Crippen molar-refractivity contribution in [1.29, 1.82) is 0 Å². The van der Waals surface area contributed by atoms with Gasteiger partial charge in [-0.3, -0.25) is 4.90 Å². The highest BCUT2D eigenvalue weighted by Crippen LogP contribution is 2.31. The summed E-state index contributed by atoms with van der Waals surface area (Å²) in [5.74, 6) is 0. The number of hydrogen-bond donors (Lipinski definition) is 0. The molecule has 1 atom stereocenters. The predicted molar refractivity (Wildman–Crippen MR) is 81.1 cm³/mol. The van der Waals surface area contributed by atoms with Gasteiger partial charge in [-0.05, 0) is 37.7 Å². The van der Waals surface area contributed by atoms with E-state index in [2.05, 4.69) is 21.7 Å². The Morgan fingerprint density at radius 2 is 1.59 bits per heavy atom. The molecular weight excluding hydrogens is 291 g/mol. The molecule has 3 rings (SSSR count). The highest BCUT2D eigenvalue weighted by atomic mass is 19.4. The van der Waals surface area contributed by atoms with Gasteiger partial charge < -0.3 is 9.80 Å². The van der Waals surface area contributed by atoms with Crippen LogP contribution in [0.5, 0.6) is 0 Å². The molecule has 2 aliphatic rings. The number of hydrogen-bond acceptors (Lipinski definition) is 3. The monoisotopic (exact) mass is 313 g/mol. The summed E-state index contributed by atoms with van der Waals surface area (Å²) >= 11 is 0. The summed E-state index contributed by atoms with van der Waals surface area (Å²) in [7, 11) is 2.14. The normalized spacial score (nSPS) is 24.9. The van der Waals surface area contributed by atoms with E-state index in [0.717, 1.165) is 51.4 Å². The van der Waals surface area contributed by atoms with Crippen LogP contribution in [0.2, 0.25) is 0 Å². The van der Waals surface area contributed by atoms with Crippen LogP contribution in [0, 0.1) is 0 Å². The molecule has 1 unspecified atom stereocenters. The van der Waals surface area contributed by atoms with Crippen LogP contribution in [0.25, 0.3) is 0 Å².